The lowest BCUT2D eigenvalue weighted by Crippen LogP contribution is -2.06. The summed E-state index contributed by atoms with van der Waals surface area (Å²) in [5.41, 5.74) is 1.73. The van der Waals surface area contributed by atoms with Gasteiger partial charge in [0.15, 0.2) is 0 Å². The van der Waals surface area contributed by atoms with E-state index in [0.29, 0.717) is 27.3 Å². The summed E-state index contributed by atoms with van der Waals surface area (Å²) in [6.07, 6.45) is 2.58. The van der Waals surface area contributed by atoms with Gasteiger partial charge in [-0.2, -0.15) is 0 Å². The second kappa shape index (κ2) is 6.28. The third-order valence-electron chi connectivity index (χ3n) is 2.42. The molecule has 0 unspecified atom stereocenters. The van der Waals surface area contributed by atoms with Crippen LogP contribution in [0.3, 0.4) is 0 Å². The third-order valence-corrected chi connectivity index (χ3v) is 3.23. The highest BCUT2D eigenvalue weighted by atomic mass is 35.5. The summed E-state index contributed by atoms with van der Waals surface area (Å²) >= 11 is 18.0. The van der Waals surface area contributed by atoms with E-state index in [4.69, 9.17) is 34.8 Å². The first-order valence-corrected chi connectivity index (χ1v) is 6.58. The van der Waals surface area contributed by atoms with Crippen molar-refractivity contribution >= 4 is 40.5 Å². The van der Waals surface area contributed by atoms with Crippen LogP contribution in [0.4, 0.5) is 5.69 Å². The molecule has 0 spiro atoms. The number of halogens is 3. The fourth-order valence-electron chi connectivity index (χ4n) is 1.57. The topological polar surface area (TPSA) is 24.9 Å². The molecule has 1 N–H and O–H groups in total. The maximum absolute atomic E-state index is 6.07. The van der Waals surface area contributed by atoms with Crippen LogP contribution in [0.5, 0.6) is 0 Å². The van der Waals surface area contributed by atoms with E-state index >= 15 is 0 Å². The number of nitrogens with zero attached hydrogens (tertiary/aromatic N) is 1. The zero-order valence-electron chi connectivity index (χ0n) is 9.46. The van der Waals surface area contributed by atoms with Gasteiger partial charge >= 0.3 is 0 Å². The van der Waals surface area contributed by atoms with Crippen molar-refractivity contribution in [3.05, 3.63) is 57.3 Å². The highest BCUT2D eigenvalue weighted by Gasteiger charge is 2.07. The summed E-state index contributed by atoms with van der Waals surface area (Å²) in [5, 5.41) is 4.77. The van der Waals surface area contributed by atoms with E-state index < -0.39 is 0 Å². The lowest BCUT2D eigenvalue weighted by Gasteiger charge is -2.10. The Morgan fingerprint density at radius 1 is 1.06 bits per heavy atom. The first kappa shape index (κ1) is 13.5. The van der Waals surface area contributed by atoms with Crippen molar-refractivity contribution in [1.82, 2.24) is 4.98 Å². The van der Waals surface area contributed by atoms with E-state index in [0.717, 1.165) is 12.1 Å². The molecule has 1 aromatic heterocycles. The number of hydrogen-bond donors (Lipinski definition) is 1. The molecule has 0 amide bonds. The van der Waals surface area contributed by atoms with E-state index in [2.05, 4.69) is 10.3 Å². The van der Waals surface area contributed by atoms with Crippen molar-refractivity contribution in [2.45, 2.75) is 6.42 Å². The largest absolute Gasteiger partial charge is 0.382 e. The van der Waals surface area contributed by atoms with Gasteiger partial charge in [0.25, 0.3) is 0 Å². The Labute approximate surface area is 121 Å². The number of aromatic nitrogens is 1. The Hall–Kier alpha value is -0.960. The van der Waals surface area contributed by atoms with Gasteiger partial charge in [-0.3, -0.25) is 4.98 Å². The Kier molecular flexibility index (Phi) is 4.70. The Bertz CT molecular complexity index is 506. The van der Waals surface area contributed by atoms with E-state index in [1.807, 2.05) is 18.2 Å². The van der Waals surface area contributed by atoms with Gasteiger partial charge in [-0.15, -0.1) is 0 Å². The van der Waals surface area contributed by atoms with Crippen LogP contribution in [0.15, 0.2) is 36.5 Å². The molecule has 0 aliphatic heterocycles. The summed E-state index contributed by atoms with van der Waals surface area (Å²) < 4.78 is 0. The van der Waals surface area contributed by atoms with Crippen LogP contribution in [0, 0.1) is 0 Å². The van der Waals surface area contributed by atoms with Crippen molar-refractivity contribution < 1.29 is 0 Å². The second-order valence-corrected chi connectivity index (χ2v) is 4.99. The van der Waals surface area contributed by atoms with Crippen molar-refractivity contribution in [2.75, 3.05) is 11.9 Å². The fraction of sp³-hybridized carbons (Fsp3) is 0.154. The molecule has 2 rings (SSSR count). The van der Waals surface area contributed by atoms with Crippen molar-refractivity contribution in [3.8, 4) is 0 Å². The first-order chi connectivity index (χ1) is 8.66. The lowest BCUT2D eigenvalue weighted by atomic mass is 10.2. The SMILES string of the molecule is Clc1cc(Cl)c(NCCc2ccccn2)c(Cl)c1. The second-order valence-electron chi connectivity index (χ2n) is 3.74. The average Bonchev–Trinajstić information content (AvgIpc) is 2.34. The number of pyridine rings is 1. The van der Waals surface area contributed by atoms with Crippen LogP contribution in [0.1, 0.15) is 5.69 Å². The minimum atomic E-state index is 0.522. The summed E-state index contributed by atoms with van der Waals surface area (Å²) in [5.74, 6) is 0. The smallest absolute Gasteiger partial charge is 0.0720 e. The minimum absolute atomic E-state index is 0.522. The normalized spacial score (nSPS) is 10.4. The molecule has 2 nitrogen and oxygen atoms in total. The molecule has 2 aromatic rings. The maximum Gasteiger partial charge on any atom is 0.0720 e. The summed E-state index contributed by atoms with van der Waals surface area (Å²) in [4.78, 5) is 4.24. The van der Waals surface area contributed by atoms with Crippen LogP contribution in [0.25, 0.3) is 0 Å². The molecule has 0 aliphatic rings. The zero-order chi connectivity index (χ0) is 13.0. The standard InChI is InChI=1S/C13H11Cl3N2/c14-9-7-11(15)13(12(16)8-9)18-6-4-10-3-1-2-5-17-10/h1-3,5,7-8,18H,4,6H2. The molecule has 0 saturated carbocycles. The molecular formula is C13H11Cl3N2. The zero-order valence-corrected chi connectivity index (χ0v) is 11.7. The number of benzene rings is 1. The van der Waals surface area contributed by atoms with E-state index in [1.54, 1.807) is 18.3 Å². The van der Waals surface area contributed by atoms with Gasteiger partial charge in [-0.05, 0) is 24.3 Å². The molecule has 94 valence electrons. The number of hydrogen-bond acceptors (Lipinski definition) is 2. The van der Waals surface area contributed by atoms with Crippen LogP contribution in [-0.2, 0) is 6.42 Å². The minimum Gasteiger partial charge on any atom is -0.382 e. The van der Waals surface area contributed by atoms with E-state index in [9.17, 15) is 0 Å². The molecule has 0 bridgehead atoms. The van der Waals surface area contributed by atoms with Gasteiger partial charge < -0.3 is 5.32 Å². The Balaban J connectivity index is 1.99. The number of rotatable bonds is 4. The lowest BCUT2D eigenvalue weighted by molar-refractivity contribution is 0.961. The number of anilines is 1. The molecule has 18 heavy (non-hydrogen) atoms. The molecule has 0 fully saturated rings. The average molecular weight is 302 g/mol. The van der Waals surface area contributed by atoms with Crippen molar-refractivity contribution in [1.29, 1.82) is 0 Å². The van der Waals surface area contributed by atoms with Gasteiger partial charge in [-0.25, -0.2) is 0 Å². The molecule has 0 atom stereocenters. The van der Waals surface area contributed by atoms with Crippen LogP contribution < -0.4 is 5.32 Å². The molecule has 0 aliphatic carbocycles. The van der Waals surface area contributed by atoms with E-state index in [-0.39, 0.29) is 0 Å². The van der Waals surface area contributed by atoms with Crippen LogP contribution in [0.2, 0.25) is 15.1 Å². The fourth-order valence-corrected chi connectivity index (χ4v) is 2.52. The highest BCUT2D eigenvalue weighted by Crippen LogP contribution is 2.33. The highest BCUT2D eigenvalue weighted by molar-refractivity contribution is 6.41. The van der Waals surface area contributed by atoms with Gasteiger partial charge in [0.2, 0.25) is 0 Å². The molecule has 1 heterocycles. The van der Waals surface area contributed by atoms with Crippen molar-refractivity contribution in [2.24, 2.45) is 0 Å². The first-order valence-electron chi connectivity index (χ1n) is 5.45. The molecule has 5 heteroatoms. The van der Waals surface area contributed by atoms with Gasteiger partial charge in [-0.1, -0.05) is 40.9 Å². The molecular weight excluding hydrogens is 291 g/mol. The maximum atomic E-state index is 6.07. The Morgan fingerprint density at radius 3 is 2.39 bits per heavy atom. The summed E-state index contributed by atoms with van der Waals surface area (Å²) in [6.45, 7) is 0.706. The monoisotopic (exact) mass is 300 g/mol. The summed E-state index contributed by atoms with van der Waals surface area (Å²) in [6, 6.07) is 9.16. The molecule has 1 aromatic carbocycles. The quantitative estimate of drug-likeness (QED) is 0.885. The van der Waals surface area contributed by atoms with E-state index in [1.165, 1.54) is 0 Å². The predicted octanol–water partition coefficient (Wildman–Crippen LogP) is 4.70. The third kappa shape index (κ3) is 3.52. The van der Waals surface area contributed by atoms with Crippen LogP contribution in [-0.4, -0.2) is 11.5 Å². The van der Waals surface area contributed by atoms with Gasteiger partial charge in [0.1, 0.15) is 0 Å². The molecule has 0 radical (unpaired) electrons. The van der Waals surface area contributed by atoms with Crippen molar-refractivity contribution in [3.63, 3.8) is 0 Å². The molecule has 0 saturated heterocycles. The summed E-state index contributed by atoms with van der Waals surface area (Å²) in [7, 11) is 0. The number of nitrogens with one attached hydrogen (secondary N) is 1. The van der Waals surface area contributed by atoms with Crippen LogP contribution >= 0.6 is 34.8 Å². The van der Waals surface area contributed by atoms with Gasteiger partial charge in [0, 0.05) is 29.9 Å². The Morgan fingerprint density at radius 2 is 1.78 bits per heavy atom. The predicted molar refractivity (Wildman–Crippen MR) is 77.9 cm³/mol. The van der Waals surface area contributed by atoms with Gasteiger partial charge in [0.05, 0.1) is 15.7 Å².